The van der Waals surface area contributed by atoms with Crippen LogP contribution in [0, 0.1) is 0 Å². The zero-order chi connectivity index (χ0) is 33.5. The molecule has 1 aromatic heterocycles. The summed E-state index contributed by atoms with van der Waals surface area (Å²) in [5.74, 6) is -0.619. The van der Waals surface area contributed by atoms with Gasteiger partial charge in [0.25, 0.3) is 5.91 Å². The number of imide groups is 1. The molecule has 2 unspecified atom stereocenters. The van der Waals surface area contributed by atoms with Crippen LogP contribution in [0.2, 0.25) is 10.0 Å². The number of piperazine rings is 1. The second kappa shape index (κ2) is 13.0. The number of aromatic nitrogens is 2. The monoisotopic (exact) mass is 690 g/mol. The average molecular weight is 692 g/mol. The summed E-state index contributed by atoms with van der Waals surface area (Å²) in [5.41, 5.74) is 2.54. The lowest BCUT2D eigenvalue weighted by Crippen LogP contribution is -2.46. The molecular weight excluding hydrogens is 655 g/mol. The largest absolute Gasteiger partial charge is 0.491 e. The number of carbonyl (C=O) groups is 2. The van der Waals surface area contributed by atoms with Gasteiger partial charge in [0.1, 0.15) is 24.0 Å². The van der Waals surface area contributed by atoms with Crippen LogP contribution < -0.4 is 24.8 Å². The van der Waals surface area contributed by atoms with Crippen LogP contribution >= 0.6 is 23.2 Å². The molecule has 0 radical (unpaired) electrons. The van der Waals surface area contributed by atoms with Gasteiger partial charge < -0.3 is 33.9 Å². The van der Waals surface area contributed by atoms with Gasteiger partial charge >= 0.3 is 6.03 Å². The molecule has 11 nitrogen and oxygen atoms in total. The maximum absolute atomic E-state index is 12.7. The van der Waals surface area contributed by atoms with Gasteiger partial charge in [-0.1, -0.05) is 29.3 Å². The first-order chi connectivity index (χ1) is 23.1. The highest BCUT2D eigenvalue weighted by Crippen LogP contribution is 2.40. The third kappa shape index (κ3) is 6.43. The molecule has 3 aliphatic rings. The number of amides is 3. The molecule has 0 bridgehead atoms. The van der Waals surface area contributed by atoms with Crippen molar-refractivity contribution in [1.82, 2.24) is 14.9 Å². The number of hydrogen-bond donors (Lipinski definition) is 1. The molecule has 2 atom stereocenters. The zero-order valence-electron chi connectivity index (χ0n) is 26.6. The van der Waals surface area contributed by atoms with Gasteiger partial charge in [-0.25, -0.2) is 14.7 Å². The van der Waals surface area contributed by atoms with Gasteiger partial charge in [-0.3, -0.25) is 4.79 Å². The van der Waals surface area contributed by atoms with Gasteiger partial charge in [-0.2, -0.15) is 0 Å². The Bertz CT molecular complexity index is 1780. The molecule has 250 valence electrons. The minimum atomic E-state index is -1.11. The van der Waals surface area contributed by atoms with Crippen molar-refractivity contribution >= 4 is 52.2 Å². The Morgan fingerprint density at radius 2 is 1.56 bits per heavy atom. The third-order valence-corrected chi connectivity index (χ3v) is 9.45. The zero-order valence-corrected chi connectivity index (χ0v) is 28.2. The number of ether oxygens (including phenoxy) is 3. The Morgan fingerprint density at radius 1 is 0.917 bits per heavy atom. The molecule has 0 aliphatic carbocycles. The average Bonchev–Trinajstić information content (AvgIpc) is 3.79. The lowest BCUT2D eigenvalue weighted by molar-refractivity contribution is -0.189. The Hall–Kier alpha value is -4.29. The number of imidazole rings is 1. The van der Waals surface area contributed by atoms with E-state index < -0.39 is 17.4 Å². The summed E-state index contributed by atoms with van der Waals surface area (Å²) in [6.07, 6.45) is 4.95. The quantitative estimate of drug-likeness (QED) is 0.223. The first-order valence-corrected chi connectivity index (χ1v) is 16.6. The van der Waals surface area contributed by atoms with E-state index in [4.69, 9.17) is 37.4 Å². The Labute approximate surface area is 288 Å². The molecule has 3 fully saturated rings. The second-order valence-corrected chi connectivity index (χ2v) is 13.5. The van der Waals surface area contributed by atoms with Gasteiger partial charge in [0.05, 0.1) is 30.2 Å². The summed E-state index contributed by atoms with van der Waals surface area (Å²) in [5, 5.41) is 3.73. The summed E-state index contributed by atoms with van der Waals surface area (Å²) in [7, 11) is 0. The van der Waals surface area contributed by atoms with E-state index in [9.17, 15) is 9.59 Å². The molecular formula is C35H36Cl2N6O5. The first-order valence-electron chi connectivity index (χ1n) is 15.8. The SMILES string of the molecule is CC1(C)NC(=O)N(c2ccc(N3CCN(c4ccc(OCC5COC(Cn6ccnc6)(c6ccc(Cl)cc6Cl)O5)cc4)CC3)cc2)C1=O. The molecule has 3 saturated heterocycles. The Balaban J connectivity index is 0.925. The number of carbonyl (C=O) groups excluding carboxylic acids is 2. The number of benzene rings is 3. The van der Waals surface area contributed by atoms with Crippen molar-refractivity contribution in [3.05, 3.63) is 101 Å². The molecule has 4 aromatic rings. The fraction of sp³-hybridized carbons (Fsp3) is 0.343. The minimum absolute atomic E-state index is 0.255. The number of nitrogens with zero attached hydrogens (tertiary/aromatic N) is 5. The highest BCUT2D eigenvalue weighted by atomic mass is 35.5. The smallest absolute Gasteiger partial charge is 0.329 e. The van der Waals surface area contributed by atoms with E-state index in [-0.39, 0.29) is 12.0 Å². The molecule has 0 spiro atoms. The van der Waals surface area contributed by atoms with E-state index in [1.165, 1.54) is 4.90 Å². The standard InChI is InChI=1S/C35H36Cl2N6O5/c1-34(2)32(44)43(33(45)39-34)27-6-4-25(5-7-27)41-15-17-42(18-16-41)26-8-10-28(11-9-26)46-20-29-21-47-35(48-29,22-40-14-13-38-23-40)30-12-3-24(36)19-31(30)37/h3-14,19,23,29H,15-18,20-22H2,1-2H3,(H,39,45). The molecule has 3 aromatic carbocycles. The van der Waals surface area contributed by atoms with Crippen LogP contribution in [0.5, 0.6) is 5.75 Å². The second-order valence-electron chi connectivity index (χ2n) is 12.7. The van der Waals surface area contributed by atoms with Gasteiger partial charge in [-0.15, -0.1) is 0 Å². The molecule has 1 N–H and O–H groups in total. The maximum atomic E-state index is 12.7. The number of halogens is 2. The van der Waals surface area contributed by atoms with E-state index in [0.717, 1.165) is 43.3 Å². The van der Waals surface area contributed by atoms with Crippen molar-refractivity contribution < 1.29 is 23.8 Å². The fourth-order valence-corrected chi connectivity index (χ4v) is 6.89. The van der Waals surface area contributed by atoms with Crippen LogP contribution in [0.25, 0.3) is 0 Å². The fourth-order valence-electron chi connectivity index (χ4n) is 6.34. The van der Waals surface area contributed by atoms with Gasteiger partial charge in [0, 0.05) is 60.5 Å². The van der Waals surface area contributed by atoms with Crippen molar-refractivity contribution in [1.29, 1.82) is 0 Å². The van der Waals surface area contributed by atoms with Crippen LogP contribution in [0.15, 0.2) is 85.5 Å². The van der Waals surface area contributed by atoms with Crippen molar-refractivity contribution in [2.24, 2.45) is 0 Å². The van der Waals surface area contributed by atoms with Crippen LogP contribution in [-0.4, -0.2) is 72.5 Å². The summed E-state index contributed by atoms with van der Waals surface area (Å²) >= 11 is 12.8. The molecule has 3 aliphatic heterocycles. The highest BCUT2D eigenvalue weighted by Gasteiger charge is 2.46. The van der Waals surface area contributed by atoms with Crippen LogP contribution in [0.1, 0.15) is 19.4 Å². The van der Waals surface area contributed by atoms with Crippen LogP contribution in [-0.2, 0) is 26.6 Å². The number of urea groups is 1. The predicted molar refractivity (Wildman–Crippen MR) is 184 cm³/mol. The normalized spacial score (nSPS) is 22.3. The topological polar surface area (TPSA) is 101 Å². The summed E-state index contributed by atoms with van der Waals surface area (Å²) in [6.45, 7) is 7.80. The first kappa shape index (κ1) is 32.3. The van der Waals surface area contributed by atoms with E-state index >= 15 is 0 Å². The number of rotatable bonds is 9. The molecule has 48 heavy (non-hydrogen) atoms. The third-order valence-electron chi connectivity index (χ3n) is 8.90. The summed E-state index contributed by atoms with van der Waals surface area (Å²) < 4.78 is 20.8. The molecule has 4 heterocycles. The van der Waals surface area contributed by atoms with Gasteiger partial charge in [0.15, 0.2) is 0 Å². The lowest BCUT2D eigenvalue weighted by atomic mass is 10.1. The van der Waals surface area contributed by atoms with Crippen molar-refractivity contribution in [2.75, 3.05) is 54.1 Å². The van der Waals surface area contributed by atoms with E-state index in [0.29, 0.717) is 41.1 Å². The van der Waals surface area contributed by atoms with Crippen LogP contribution in [0.3, 0.4) is 0 Å². The highest BCUT2D eigenvalue weighted by molar-refractivity contribution is 6.35. The van der Waals surface area contributed by atoms with E-state index in [1.807, 2.05) is 53.2 Å². The van der Waals surface area contributed by atoms with Crippen LogP contribution in [0.4, 0.5) is 21.9 Å². The number of hydrogen-bond acceptors (Lipinski definition) is 8. The summed E-state index contributed by atoms with van der Waals surface area (Å²) in [6, 6.07) is 20.6. The van der Waals surface area contributed by atoms with E-state index in [2.05, 4.69) is 32.2 Å². The van der Waals surface area contributed by atoms with Gasteiger partial charge in [-0.05, 0) is 74.5 Å². The van der Waals surface area contributed by atoms with Crippen molar-refractivity contribution in [3.8, 4) is 5.75 Å². The lowest BCUT2D eigenvalue weighted by Gasteiger charge is -2.37. The molecule has 0 saturated carbocycles. The molecule has 3 amide bonds. The van der Waals surface area contributed by atoms with Gasteiger partial charge in [0.2, 0.25) is 5.79 Å². The Morgan fingerprint density at radius 3 is 2.15 bits per heavy atom. The van der Waals surface area contributed by atoms with Crippen molar-refractivity contribution in [2.45, 2.75) is 37.8 Å². The number of anilines is 3. The van der Waals surface area contributed by atoms with Crippen molar-refractivity contribution in [3.63, 3.8) is 0 Å². The Kier molecular flexibility index (Phi) is 8.71. The predicted octanol–water partition coefficient (Wildman–Crippen LogP) is 5.70. The number of nitrogens with one attached hydrogen (secondary N) is 1. The molecule has 13 heteroatoms. The maximum Gasteiger partial charge on any atom is 0.329 e. The van der Waals surface area contributed by atoms with E-state index in [1.54, 1.807) is 38.5 Å². The minimum Gasteiger partial charge on any atom is -0.491 e. The molecule has 7 rings (SSSR count). The summed E-state index contributed by atoms with van der Waals surface area (Å²) in [4.78, 5) is 35.0.